The van der Waals surface area contributed by atoms with Crippen molar-refractivity contribution < 1.29 is 14.4 Å². The molecule has 4 aromatic rings. The van der Waals surface area contributed by atoms with Crippen LogP contribution in [0.15, 0.2) is 54.7 Å². The summed E-state index contributed by atoms with van der Waals surface area (Å²) in [4.78, 5) is 54.5. The summed E-state index contributed by atoms with van der Waals surface area (Å²) >= 11 is 1.62. The second-order valence-corrected chi connectivity index (χ2v) is 12.0. The topological polar surface area (TPSA) is 138 Å². The SMILES string of the molecule is CSCC[C@@H]1NC(=O)CCCN(C(=O)c2ccc3cc[nH]c3n2)CCn2nc(-c3ccccc3)nc2[C@@H](C(C)C)NC1=O. The van der Waals surface area contributed by atoms with E-state index in [4.69, 9.17) is 10.1 Å². The van der Waals surface area contributed by atoms with Crippen LogP contribution in [0.1, 0.15) is 55.5 Å². The molecule has 0 unspecified atom stereocenters. The van der Waals surface area contributed by atoms with Crippen LogP contribution < -0.4 is 10.6 Å². The lowest BCUT2D eigenvalue weighted by molar-refractivity contribution is -0.129. The van der Waals surface area contributed by atoms with Gasteiger partial charge in [0.15, 0.2) is 11.6 Å². The van der Waals surface area contributed by atoms with Gasteiger partial charge >= 0.3 is 0 Å². The summed E-state index contributed by atoms with van der Waals surface area (Å²) in [7, 11) is 0. The Morgan fingerprint density at radius 2 is 1.84 bits per heavy atom. The lowest BCUT2D eigenvalue weighted by Crippen LogP contribution is -2.49. The minimum absolute atomic E-state index is 0.0187. The Balaban J connectivity index is 1.51. The largest absolute Gasteiger partial charge is 0.346 e. The molecular formula is C31H38N8O3S. The number of carbonyl (C=O) groups is 3. The fourth-order valence-corrected chi connectivity index (χ4v) is 5.66. The minimum atomic E-state index is -0.677. The van der Waals surface area contributed by atoms with Gasteiger partial charge < -0.3 is 20.5 Å². The molecule has 43 heavy (non-hydrogen) atoms. The number of hydrogen-bond donors (Lipinski definition) is 3. The van der Waals surface area contributed by atoms with Crippen LogP contribution in [-0.2, 0) is 16.1 Å². The first-order chi connectivity index (χ1) is 20.8. The van der Waals surface area contributed by atoms with Crippen LogP contribution in [0.3, 0.4) is 0 Å². The number of nitrogens with one attached hydrogen (secondary N) is 3. The van der Waals surface area contributed by atoms with E-state index in [9.17, 15) is 14.4 Å². The highest BCUT2D eigenvalue weighted by molar-refractivity contribution is 7.98. The van der Waals surface area contributed by atoms with Crippen molar-refractivity contribution in [3.63, 3.8) is 0 Å². The normalized spacial score (nSPS) is 18.7. The molecule has 3 aromatic heterocycles. The zero-order valence-corrected chi connectivity index (χ0v) is 25.6. The summed E-state index contributed by atoms with van der Waals surface area (Å²) in [5, 5.41) is 11.9. The smallest absolute Gasteiger partial charge is 0.272 e. The molecule has 0 spiro atoms. The Kier molecular flexibility index (Phi) is 9.75. The molecule has 0 bridgehead atoms. The maximum atomic E-state index is 13.8. The average Bonchev–Trinajstić information content (AvgIpc) is 3.66. The highest BCUT2D eigenvalue weighted by Gasteiger charge is 2.30. The molecule has 226 valence electrons. The summed E-state index contributed by atoms with van der Waals surface area (Å²) in [5.41, 5.74) is 1.83. The molecule has 1 aliphatic heterocycles. The summed E-state index contributed by atoms with van der Waals surface area (Å²) < 4.78 is 1.80. The minimum Gasteiger partial charge on any atom is -0.346 e. The first-order valence-corrected chi connectivity index (χ1v) is 16.1. The van der Waals surface area contributed by atoms with E-state index < -0.39 is 12.1 Å². The van der Waals surface area contributed by atoms with E-state index in [0.29, 0.717) is 55.5 Å². The summed E-state index contributed by atoms with van der Waals surface area (Å²) in [6.45, 7) is 5.06. The van der Waals surface area contributed by atoms with Crippen molar-refractivity contribution in [3.8, 4) is 11.4 Å². The van der Waals surface area contributed by atoms with Gasteiger partial charge in [0, 0.05) is 36.7 Å². The maximum absolute atomic E-state index is 13.8. The molecular weight excluding hydrogens is 564 g/mol. The number of aromatic nitrogens is 5. The zero-order chi connectivity index (χ0) is 30.3. The van der Waals surface area contributed by atoms with E-state index >= 15 is 0 Å². The fraction of sp³-hybridized carbons (Fsp3) is 0.419. The molecule has 4 heterocycles. The number of H-pyrrole nitrogens is 1. The van der Waals surface area contributed by atoms with Crippen molar-refractivity contribution in [2.24, 2.45) is 5.92 Å². The predicted octanol–water partition coefficient (Wildman–Crippen LogP) is 3.81. The average molecular weight is 603 g/mol. The molecule has 2 atom stereocenters. The van der Waals surface area contributed by atoms with Gasteiger partial charge in [-0.3, -0.25) is 14.4 Å². The Labute approximate surface area is 255 Å². The molecule has 1 aliphatic rings. The fourth-order valence-electron chi connectivity index (χ4n) is 5.18. The third kappa shape index (κ3) is 7.24. The number of hydrogen-bond acceptors (Lipinski definition) is 7. The maximum Gasteiger partial charge on any atom is 0.272 e. The van der Waals surface area contributed by atoms with Crippen LogP contribution >= 0.6 is 11.8 Å². The predicted molar refractivity (Wildman–Crippen MR) is 167 cm³/mol. The van der Waals surface area contributed by atoms with Crippen LogP contribution in [0.25, 0.3) is 22.4 Å². The summed E-state index contributed by atoms with van der Waals surface area (Å²) in [5.74, 6) is 1.18. The molecule has 12 heteroatoms. The quantitative estimate of drug-likeness (QED) is 0.305. The van der Waals surface area contributed by atoms with E-state index in [0.717, 1.165) is 16.7 Å². The Bertz CT molecular complexity index is 1570. The third-order valence-electron chi connectivity index (χ3n) is 7.57. The van der Waals surface area contributed by atoms with E-state index in [1.54, 1.807) is 33.6 Å². The van der Waals surface area contributed by atoms with Crippen LogP contribution in [0.4, 0.5) is 0 Å². The number of fused-ring (bicyclic) bond motifs is 2. The summed E-state index contributed by atoms with van der Waals surface area (Å²) in [6, 6.07) is 14.1. The number of benzene rings is 1. The molecule has 0 radical (unpaired) electrons. The number of amides is 3. The number of aromatic amines is 1. The van der Waals surface area contributed by atoms with Crippen molar-refractivity contribution >= 4 is 40.5 Å². The van der Waals surface area contributed by atoms with Crippen LogP contribution in [-0.4, -0.2) is 78.5 Å². The van der Waals surface area contributed by atoms with Gasteiger partial charge in [0.2, 0.25) is 11.8 Å². The molecule has 0 fully saturated rings. The van der Waals surface area contributed by atoms with E-state index in [1.807, 2.05) is 62.6 Å². The lowest BCUT2D eigenvalue weighted by Gasteiger charge is -2.27. The van der Waals surface area contributed by atoms with Crippen molar-refractivity contribution in [1.82, 2.24) is 40.3 Å². The van der Waals surface area contributed by atoms with Gasteiger partial charge in [0.05, 0.1) is 12.6 Å². The zero-order valence-electron chi connectivity index (χ0n) is 24.7. The highest BCUT2D eigenvalue weighted by atomic mass is 32.2. The van der Waals surface area contributed by atoms with Crippen LogP contribution in [0.5, 0.6) is 0 Å². The molecule has 0 saturated carbocycles. The van der Waals surface area contributed by atoms with Crippen molar-refractivity contribution in [2.75, 3.05) is 25.1 Å². The Morgan fingerprint density at radius 3 is 2.60 bits per heavy atom. The molecule has 0 saturated heterocycles. The van der Waals surface area contributed by atoms with Crippen molar-refractivity contribution in [1.29, 1.82) is 0 Å². The van der Waals surface area contributed by atoms with E-state index in [2.05, 4.69) is 20.6 Å². The number of rotatable bonds is 6. The second-order valence-electron chi connectivity index (χ2n) is 11.0. The van der Waals surface area contributed by atoms with Gasteiger partial charge in [0.25, 0.3) is 5.91 Å². The lowest BCUT2D eigenvalue weighted by atomic mass is 10.0. The first-order valence-electron chi connectivity index (χ1n) is 14.7. The number of pyridine rings is 1. The first kappa shape index (κ1) is 30.3. The van der Waals surface area contributed by atoms with E-state index in [1.165, 1.54) is 0 Å². The van der Waals surface area contributed by atoms with Crippen molar-refractivity contribution in [2.45, 2.75) is 51.7 Å². The Morgan fingerprint density at radius 1 is 1.02 bits per heavy atom. The van der Waals surface area contributed by atoms with Gasteiger partial charge in [-0.25, -0.2) is 14.6 Å². The molecule has 5 rings (SSSR count). The monoisotopic (exact) mass is 602 g/mol. The van der Waals surface area contributed by atoms with E-state index in [-0.39, 0.29) is 30.1 Å². The van der Waals surface area contributed by atoms with Gasteiger partial charge in [-0.2, -0.15) is 16.9 Å². The van der Waals surface area contributed by atoms with Gasteiger partial charge in [-0.1, -0.05) is 44.2 Å². The second kappa shape index (κ2) is 13.9. The number of thioether (sulfide) groups is 1. The molecule has 3 N–H and O–H groups in total. The number of carbonyl (C=O) groups excluding carboxylic acids is 3. The summed E-state index contributed by atoms with van der Waals surface area (Å²) in [6.07, 6.45) is 4.90. The standard InChI is InChI=1S/C31H38N8O3S/c1-20(2)26-29-36-28(21-8-5-4-6-9-21)37-39(29)18-17-38(31(42)24-12-11-22-13-15-32-27(22)34-24)16-7-10-25(40)33-23(14-19-43-3)30(41)35-26/h4-6,8-9,11-13,15,20,23,26H,7,10,14,16-19H2,1-3H3,(H,32,34)(H,33,40)(H,35,41)/t23-,26+/m0/s1. The van der Waals surface area contributed by atoms with Gasteiger partial charge in [-0.15, -0.1) is 0 Å². The number of nitrogens with zero attached hydrogens (tertiary/aromatic N) is 5. The molecule has 11 nitrogen and oxygen atoms in total. The third-order valence-corrected chi connectivity index (χ3v) is 8.21. The van der Waals surface area contributed by atoms with Crippen LogP contribution in [0, 0.1) is 5.92 Å². The van der Waals surface area contributed by atoms with Crippen molar-refractivity contribution in [3.05, 3.63) is 66.2 Å². The molecule has 3 amide bonds. The molecule has 0 aliphatic carbocycles. The molecule has 1 aromatic carbocycles. The highest BCUT2D eigenvalue weighted by Crippen LogP contribution is 2.25. The Hall–Kier alpha value is -4.19. The van der Waals surface area contributed by atoms with Gasteiger partial charge in [-0.05, 0) is 49.0 Å². The van der Waals surface area contributed by atoms with Crippen LogP contribution in [0.2, 0.25) is 0 Å². The van der Waals surface area contributed by atoms with Gasteiger partial charge in [0.1, 0.15) is 17.4 Å².